The molecule has 0 saturated carbocycles. The van der Waals surface area contributed by atoms with Crippen molar-refractivity contribution >= 4 is 50.5 Å². The predicted molar refractivity (Wildman–Crippen MR) is 195 cm³/mol. The van der Waals surface area contributed by atoms with Crippen LogP contribution in [0.4, 0.5) is 0 Å². The molecule has 1 N–H and O–H groups in total. The van der Waals surface area contributed by atoms with Gasteiger partial charge in [-0.15, -0.1) is 0 Å². The van der Waals surface area contributed by atoms with Gasteiger partial charge in [0.1, 0.15) is 11.7 Å². The van der Waals surface area contributed by atoms with E-state index in [-0.39, 0.29) is 11.3 Å². The van der Waals surface area contributed by atoms with E-state index in [1.807, 2.05) is 0 Å². The summed E-state index contributed by atoms with van der Waals surface area (Å²) < 4.78 is 5.01. The topological polar surface area (TPSA) is 46.6 Å². The zero-order valence-corrected chi connectivity index (χ0v) is 26.6. The van der Waals surface area contributed by atoms with E-state index in [9.17, 15) is 0 Å². The van der Waals surface area contributed by atoms with Crippen LogP contribution in [-0.2, 0) is 11.8 Å². The first-order valence-electron chi connectivity index (χ1n) is 16.8. The van der Waals surface area contributed by atoms with E-state index in [2.05, 4.69) is 150 Å². The van der Waals surface area contributed by atoms with Crippen LogP contribution in [0.1, 0.15) is 60.9 Å². The molecule has 4 heterocycles. The zero-order chi connectivity index (χ0) is 31.3. The molecule has 228 valence electrons. The highest BCUT2D eigenvalue weighted by Crippen LogP contribution is 2.52. The van der Waals surface area contributed by atoms with Crippen LogP contribution in [0, 0.1) is 5.92 Å². The summed E-state index contributed by atoms with van der Waals surface area (Å²) in [4.78, 5) is 10.8. The number of hydrogen-bond acceptors (Lipinski definition) is 3. The van der Waals surface area contributed by atoms with E-state index in [1.54, 1.807) is 0 Å². The third kappa shape index (κ3) is 3.71. The Bertz CT molecular complexity index is 2440. The Morgan fingerprint density at radius 3 is 2.51 bits per heavy atom. The van der Waals surface area contributed by atoms with Crippen LogP contribution >= 0.6 is 0 Å². The number of aliphatic imine (C=N–C) groups is 2. The molecule has 2 unspecified atom stereocenters. The van der Waals surface area contributed by atoms with Gasteiger partial charge < -0.3 is 9.88 Å². The fraction of sp³-hybridized carbons (Fsp3) is 0.190. The van der Waals surface area contributed by atoms with Crippen LogP contribution in [0.15, 0.2) is 125 Å². The molecule has 0 spiro atoms. The largest absolute Gasteiger partial charge is 0.328 e. The highest BCUT2D eigenvalue weighted by atomic mass is 15.3. The van der Waals surface area contributed by atoms with Crippen molar-refractivity contribution in [1.82, 2.24) is 14.5 Å². The van der Waals surface area contributed by atoms with E-state index in [0.717, 1.165) is 42.0 Å². The van der Waals surface area contributed by atoms with Crippen molar-refractivity contribution in [3.8, 4) is 5.69 Å². The molecule has 10 rings (SSSR count). The number of amidine groups is 2. The van der Waals surface area contributed by atoms with Crippen molar-refractivity contribution in [3.05, 3.63) is 143 Å². The second-order valence-corrected chi connectivity index (χ2v) is 13.7. The molecule has 2 aromatic heterocycles. The lowest BCUT2D eigenvalue weighted by Crippen LogP contribution is -2.40. The Kier molecular flexibility index (Phi) is 5.58. The number of fused-ring (bicyclic) bond motifs is 9. The summed E-state index contributed by atoms with van der Waals surface area (Å²) in [6.45, 7) is 4.78. The van der Waals surface area contributed by atoms with Gasteiger partial charge in [0, 0.05) is 50.0 Å². The first-order valence-corrected chi connectivity index (χ1v) is 16.8. The van der Waals surface area contributed by atoms with Gasteiger partial charge in [0.05, 0.1) is 16.6 Å². The number of aromatic nitrogens is 2. The van der Waals surface area contributed by atoms with Gasteiger partial charge in [0.2, 0.25) is 6.29 Å². The lowest BCUT2D eigenvalue weighted by Gasteiger charge is -2.35. The summed E-state index contributed by atoms with van der Waals surface area (Å²) in [6.07, 6.45) is 16.0. The summed E-state index contributed by atoms with van der Waals surface area (Å²) in [7, 11) is 0. The van der Waals surface area contributed by atoms with Gasteiger partial charge in [-0.05, 0) is 48.6 Å². The average Bonchev–Trinajstić information content (AvgIpc) is 3.65. The maximum absolute atomic E-state index is 5.44. The van der Waals surface area contributed by atoms with Gasteiger partial charge in [0.25, 0.3) is 0 Å². The van der Waals surface area contributed by atoms with Crippen LogP contribution in [0.25, 0.3) is 44.5 Å². The molecule has 2 aliphatic carbocycles. The van der Waals surface area contributed by atoms with Crippen LogP contribution in [0.3, 0.4) is 0 Å². The normalized spacial score (nSPS) is 20.6. The van der Waals surface area contributed by atoms with Gasteiger partial charge in [-0.25, -0.2) is 9.98 Å². The number of hydrogen-bond donors (Lipinski definition) is 1. The average molecular weight is 610 g/mol. The maximum Gasteiger partial charge on any atom is 0.224 e. The minimum absolute atomic E-state index is 0.160. The number of benzene rings is 4. The Morgan fingerprint density at radius 1 is 0.809 bits per heavy atom. The van der Waals surface area contributed by atoms with Crippen molar-refractivity contribution in [2.24, 2.45) is 15.9 Å². The Labute approximate surface area is 274 Å². The van der Waals surface area contributed by atoms with E-state index < -0.39 is 6.29 Å². The predicted octanol–water partition coefficient (Wildman–Crippen LogP) is 9.37. The molecular formula is C42H35N5. The van der Waals surface area contributed by atoms with Crippen LogP contribution in [0.5, 0.6) is 0 Å². The molecule has 0 amide bonds. The quantitative estimate of drug-likeness (QED) is 0.214. The molecule has 0 bridgehead atoms. The van der Waals surface area contributed by atoms with Crippen molar-refractivity contribution in [3.63, 3.8) is 0 Å². The molecular weight excluding hydrogens is 574 g/mol. The van der Waals surface area contributed by atoms with Crippen LogP contribution in [-0.4, -0.2) is 20.8 Å². The monoisotopic (exact) mass is 609 g/mol. The van der Waals surface area contributed by atoms with E-state index in [1.165, 1.54) is 55.3 Å². The highest BCUT2D eigenvalue weighted by molar-refractivity contribution is 6.22. The summed E-state index contributed by atoms with van der Waals surface area (Å²) >= 11 is 0. The second-order valence-electron chi connectivity index (χ2n) is 13.7. The Balaban J connectivity index is 1.35. The van der Waals surface area contributed by atoms with Crippen molar-refractivity contribution in [2.75, 3.05) is 0 Å². The first-order chi connectivity index (χ1) is 23.1. The van der Waals surface area contributed by atoms with E-state index in [0.29, 0.717) is 0 Å². The summed E-state index contributed by atoms with van der Waals surface area (Å²) in [5, 5.41) is 7.47. The minimum atomic E-state index is -0.466. The number of allylic oxidation sites excluding steroid dienone is 4. The van der Waals surface area contributed by atoms with Gasteiger partial charge in [-0.1, -0.05) is 117 Å². The molecule has 5 nitrogen and oxygen atoms in total. The van der Waals surface area contributed by atoms with Crippen molar-refractivity contribution in [1.29, 1.82) is 0 Å². The molecule has 4 aromatic carbocycles. The lowest BCUT2D eigenvalue weighted by molar-refractivity contribution is 0.567. The fourth-order valence-electron chi connectivity index (χ4n) is 8.49. The third-order valence-electron chi connectivity index (χ3n) is 10.7. The first kappa shape index (κ1) is 26.8. The molecule has 6 aromatic rings. The molecule has 4 aliphatic rings. The SMILES string of the molecule is CC1(C)c2ccccc2-n2c3c(c4c2c1cc1c2ccccc2n(C2N=C(c5ccccc5)NC(C5C=CC=CC5)=N2)c14)C=CCC3. The smallest absolute Gasteiger partial charge is 0.224 e. The molecule has 0 radical (unpaired) electrons. The van der Waals surface area contributed by atoms with Crippen LogP contribution < -0.4 is 5.32 Å². The number of nitrogens with one attached hydrogen (secondary N) is 1. The second kappa shape index (κ2) is 9.79. The van der Waals surface area contributed by atoms with Crippen LogP contribution in [0.2, 0.25) is 0 Å². The number of rotatable bonds is 3. The molecule has 2 atom stereocenters. The van der Waals surface area contributed by atoms with Crippen molar-refractivity contribution < 1.29 is 0 Å². The zero-order valence-electron chi connectivity index (χ0n) is 26.6. The Hall–Kier alpha value is -5.42. The van der Waals surface area contributed by atoms with Gasteiger partial charge >= 0.3 is 0 Å². The molecule has 5 heteroatoms. The summed E-state index contributed by atoms with van der Waals surface area (Å²) in [6, 6.07) is 30.8. The third-order valence-corrected chi connectivity index (χ3v) is 10.7. The van der Waals surface area contributed by atoms with Crippen molar-refractivity contribution in [2.45, 2.75) is 44.8 Å². The van der Waals surface area contributed by atoms with Gasteiger partial charge in [-0.3, -0.25) is 4.57 Å². The highest BCUT2D eigenvalue weighted by Gasteiger charge is 2.39. The number of para-hydroxylation sites is 2. The minimum Gasteiger partial charge on any atom is -0.328 e. The molecule has 2 aliphatic heterocycles. The van der Waals surface area contributed by atoms with Gasteiger partial charge in [0.15, 0.2) is 0 Å². The Morgan fingerprint density at radius 2 is 1.64 bits per heavy atom. The van der Waals surface area contributed by atoms with Gasteiger partial charge in [-0.2, -0.15) is 0 Å². The molecule has 0 fully saturated rings. The summed E-state index contributed by atoms with van der Waals surface area (Å²) in [5.74, 6) is 1.98. The maximum atomic E-state index is 5.44. The number of nitrogens with zero attached hydrogens (tertiary/aromatic N) is 4. The molecule has 0 saturated heterocycles. The fourth-order valence-corrected chi connectivity index (χ4v) is 8.49. The molecule has 47 heavy (non-hydrogen) atoms. The van der Waals surface area contributed by atoms with E-state index in [4.69, 9.17) is 9.98 Å². The lowest BCUT2D eigenvalue weighted by atomic mass is 9.74. The summed E-state index contributed by atoms with van der Waals surface area (Å²) in [5.41, 5.74) is 11.4. The van der Waals surface area contributed by atoms with E-state index >= 15 is 0 Å². The standard InChI is InChI=1S/C42H35N5/c1-42(2)31-21-11-14-24-35(31)46-34-23-13-10-20-29(34)36-37-30(25-32(42)38(36)46)28-19-9-12-22-33(28)47(37)41-44-39(26-15-5-3-6-16-26)43-40(45-41)27-17-7-4-8-18-27/h3-12,14-17,19-22,24-25,27,41H,13,18,23H2,1-2H3,(H,43,44,45).